The molecule has 1 rings (SSSR count). The van der Waals surface area contributed by atoms with Crippen LogP contribution in [0.4, 0.5) is 0 Å². The number of likely N-dealkylation sites (N-methyl/N-ethyl adjacent to an activating group) is 1. The fourth-order valence-electron chi connectivity index (χ4n) is 2.11. The molecule has 0 aliphatic rings. The van der Waals surface area contributed by atoms with E-state index in [0.717, 1.165) is 24.9 Å². The van der Waals surface area contributed by atoms with Gasteiger partial charge >= 0.3 is 0 Å². The Kier molecular flexibility index (Phi) is 7.30. The van der Waals surface area contributed by atoms with E-state index in [0.29, 0.717) is 16.5 Å². The van der Waals surface area contributed by atoms with Gasteiger partial charge in [-0.25, -0.2) is 8.42 Å². The lowest BCUT2D eigenvalue weighted by Gasteiger charge is -2.18. The largest absolute Gasteiger partial charge is 0.314 e. The van der Waals surface area contributed by atoms with Gasteiger partial charge in [0.25, 0.3) is 0 Å². The van der Waals surface area contributed by atoms with Gasteiger partial charge in [0.15, 0.2) is 0 Å². The van der Waals surface area contributed by atoms with Gasteiger partial charge in [-0.3, -0.25) is 0 Å². The molecule has 0 saturated heterocycles. The van der Waals surface area contributed by atoms with E-state index in [1.165, 1.54) is 6.26 Å². The third kappa shape index (κ3) is 6.93. The predicted octanol–water partition coefficient (Wildman–Crippen LogP) is 3.34. The Morgan fingerprint density at radius 1 is 1.25 bits per heavy atom. The van der Waals surface area contributed by atoms with Crippen LogP contribution >= 0.6 is 23.2 Å². The van der Waals surface area contributed by atoms with Gasteiger partial charge < -0.3 is 5.32 Å². The summed E-state index contributed by atoms with van der Waals surface area (Å²) in [6, 6.07) is 5.86. The Morgan fingerprint density at radius 3 is 2.50 bits per heavy atom. The molecule has 1 unspecified atom stereocenters. The second kappa shape index (κ2) is 8.23. The molecule has 0 heterocycles. The van der Waals surface area contributed by atoms with E-state index in [2.05, 4.69) is 5.32 Å². The van der Waals surface area contributed by atoms with Crippen molar-refractivity contribution >= 4 is 33.0 Å². The maximum absolute atomic E-state index is 11.2. The first-order chi connectivity index (χ1) is 9.31. The van der Waals surface area contributed by atoms with Crippen molar-refractivity contribution in [2.24, 2.45) is 0 Å². The molecule has 3 nitrogen and oxygen atoms in total. The van der Waals surface area contributed by atoms with E-state index in [1.54, 1.807) is 6.07 Å². The van der Waals surface area contributed by atoms with E-state index in [-0.39, 0.29) is 11.8 Å². The first kappa shape index (κ1) is 17.8. The summed E-state index contributed by atoms with van der Waals surface area (Å²) in [5.41, 5.74) is 1.10. The molecule has 0 saturated carbocycles. The molecule has 1 atom stereocenters. The Hall–Kier alpha value is -0.290. The van der Waals surface area contributed by atoms with Gasteiger partial charge in [0.05, 0.1) is 10.0 Å². The number of hydrogen-bond acceptors (Lipinski definition) is 3. The molecule has 0 fully saturated rings. The summed E-state index contributed by atoms with van der Waals surface area (Å²) < 4.78 is 22.3. The molecule has 20 heavy (non-hydrogen) atoms. The molecule has 0 aliphatic heterocycles. The molecule has 1 N–H and O–H groups in total. The van der Waals surface area contributed by atoms with Crippen LogP contribution in [0, 0.1) is 0 Å². The third-order valence-electron chi connectivity index (χ3n) is 3.03. The zero-order valence-corrected chi connectivity index (χ0v) is 14.2. The van der Waals surface area contributed by atoms with E-state index >= 15 is 0 Å². The van der Waals surface area contributed by atoms with Crippen LogP contribution in [-0.4, -0.2) is 33.0 Å². The van der Waals surface area contributed by atoms with Gasteiger partial charge in [-0.15, -0.1) is 0 Å². The summed E-state index contributed by atoms with van der Waals surface area (Å²) in [6.45, 7) is 2.89. The van der Waals surface area contributed by atoms with Crippen LogP contribution in [0.3, 0.4) is 0 Å². The minimum Gasteiger partial charge on any atom is -0.314 e. The van der Waals surface area contributed by atoms with Crippen molar-refractivity contribution < 1.29 is 8.42 Å². The molecule has 6 heteroatoms. The van der Waals surface area contributed by atoms with Crippen LogP contribution in [0.5, 0.6) is 0 Å². The highest BCUT2D eigenvalue weighted by Gasteiger charge is 2.11. The number of halogens is 2. The zero-order valence-electron chi connectivity index (χ0n) is 11.8. The number of sulfone groups is 1. The third-order valence-corrected chi connectivity index (χ3v) is 4.80. The van der Waals surface area contributed by atoms with Crippen LogP contribution in [0.1, 0.15) is 25.3 Å². The zero-order chi connectivity index (χ0) is 15.2. The number of hydrogen-bond donors (Lipinski definition) is 1. The van der Waals surface area contributed by atoms with Gasteiger partial charge in [0.2, 0.25) is 0 Å². The normalized spacial score (nSPS) is 13.4. The number of nitrogens with one attached hydrogen (secondary N) is 1. The Morgan fingerprint density at radius 2 is 1.95 bits per heavy atom. The average molecular weight is 338 g/mol. The first-order valence-electron chi connectivity index (χ1n) is 6.67. The molecule has 0 aromatic heterocycles. The van der Waals surface area contributed by atoms with Crippen LogP contribution in [-0.2, 0) is 16.3 Å². The minimum atomic E-state index is -2.89. The van der Waals surface area contributed by atoms with E-state index in [9.17, 15) is 8.42 Å². The summed E-state index contributed by atoms with van der Waals surface area (Å²) in [4.78, 5) is 0. The van der Waals surface area contributed by atoms with Crippen LogP contribution in [0.25, 0.3) is 0 Å². The molecule has 0 radical (unpaired) electrons. The monoisotopic (exact) mass is 337 g/mol. The minimum absolute atomic E-state index is 0.232. The Bertz CT molecular complexity index is 532. The van der Waals surface area contributed by atoms with Crippen molar-refractivity contribution in [2.45, 2.75) is 32.2 Å². The van der Waals surface area contributed by atoms with Crippen molar-refractivity contribution in [3.63, 3.8) is 0 Å². The first-order valence-corrected chi connectivity index (χ1v) is 9.48. The molecule has 1 aromatic carbocycles. The molecule has 0 aliphatic carbocycles. The highest BCUT2D eigenvalue weighted by atomic mass is 35.5. The number of rotatable bonds is 8. The lowest BCUT2D eigenvalue weighted by atomic mass is 10.0. The lowest BCUT2D eigenvalue weighted by molar-refractivity contribution is 0.484. The molecule has 0 spiro atoms. The average Bonchev–Trinajstić information content (AvgIpc) is 2.32. The standard InChI is InChI=1S/C14H21Cl2NO2S/c1-3-17-12(5-4-8-20(2,18)19)9-11-6-7-13(15)14(16)10-11/h6-7,10,12,17H,3-5,8-9H2,1-2H3. The summed E-state index contributed by atoms with van der Waals surface area (Å²) in [5, 5.41) is 4.48. The summed E-state index contributed by atoms with van der Waals surface area (Å²) in [6.07, 6.45) is 3.57. The van der Waals surface area contributed by atoms with Gasteiger partial charge in [0, 0.05) is 18.1 Å². The summed E-state index contributed by atoms with van der Waals surface area (Å²) in [7, 11) is -2.89. The van der Waals surface area contributed by atoms with Crippen molar-refractivity contribution in [1.29, 1.82) is 0 Å². The van der Waals surface area contributed by atoms with Crippen LogP contribution in [0.2, 0.25) is 10.0 Å². The van der Waals surface area contributed by atoms with E-state index in [4.69, 9.17) is 23.2 Å². The molecular formula is C14H21Cl2NO2S. The Balaban J connectivity index is 2.59. The molecule has 1 aromatic rings. The van der Waals surface area contributed by atoms with Gasteiger partial charge in [-0.2, -0.15) is 0 Å². The van der Waals surface area contributed by atoms with Gasteiger partial charge in [-0.1, -0.05) is 36.2 Å². The van der Waals surface area contributed by atoms with Gasteiger partial charge in [-0.05, 0) is 43.5 Å². The van der Waals surface area contributed by atoms with Crippen LogP contribution < -0.4 is 5.32 Å². The predicted molar refractivity (Wildman–Crippen MR) is 86.6 cm³/mol. The van der Waals surface area contributed by atoms with Crippen molar-refractivity contribution in [3.05, 3.63) is 33.8 Å². The summed E-state index contributed by atoms with van der Waals surface area (Å²) in [5.74, 6) is 0.232. The molecule has 0 amide bonds. The molecular weight excluding hydrogens is 317 g/mol. The molecule has 0 bridgehead atoms. The summed E-state index contributed by atoms with van der Waals surface area (Å²) >= 11 is 11.9. The van der Waals surface area contributed by atoms with Gasteiger partial charge in [0.1, 0.15) is 9.84 Å². The van der Waals surface area contributed by atoms with Crippen LogP contribution in [0.15, 0.2) is 18.2 Å². The highest BCUT2D eigenvalue weighted by molar-refractivity contribution is 7.90. The molecule has 114 valence electrons. The highest BCUT2D eigenvalue weighted by Crippen LogP contribution is 2.23. The smallest absolute Gasteiger partial charge is 0.147 e. The lowest BCUT2D eigenvalue weighted by Crippen LogP contribution is -2.31. The number of benzene rings is 1. The quantitative estimate of drug-likeness (QED) is 0.791. The SMILES string of the molecule is CCNC(CCCS(C)(=O)=O)Cc1ccc(Cl)c(Cl)c1. The van der Waals surface area contributed by atoms with E-state index in [1.807, 2.05) is 19.1 Å². The second-order valence-corrected chi connectivity index (χ2v) is 8.05. The maximum Gasteiger partial charge on any atom is 0.147 e. The Labute approximate surface area is 131 Å². The van der Waals surface area contributed by atoms with Crippen molar-refractivity contribution in [1.82, 2.24) is 5.32 Å². The second-order valence-electron chi connectivity index (χ2n) is 4.98. The van der Waals surface area contributed by atoms with Crippen molar-refractivity contribution in [3.8, 4) is 0 Å². The van der Waals surface area contributed by atoms with E-state index < -0.39 is 9.84 Å². The fraction of sp³-hybridized carbons (Fsp3) is 0.571. The fourth-order valence-corrected chi connectivity index (χ4v) is 3.12. The topological polar surface area (TPSA) is 46.2 Å². The van der Waals surface area contributed by atoms with Crippen molar-refractivity contribution in [2.75, 3.05) is 18.6 Å². The maximum atomic E-state index is 11.2.